The summed E-state index contributed by atoms with van der Waals surface area (Å²) in [5.41, 5.74) is 6.77. The van der Waals surface area contributed by atoms with Crippen molar-refractivity contribution in [2.45, 2.75) is 50.2 Å². The zero-order chi connectivity index (χ0) is 14.8. The Kier molecular flexibility index (Phi) is 4.67. The quantitative estimate of drug-likeness (QED) is 0.832. The van der Waals surface area contributed by atoms with Crippen molar-refractivity contribution in [2.24, 2.45) is 5.73 Å². The van der Waals surface area contributed by atoms with Crippen molar-refractivity contribution in [3.05, 3.63) is 23.8 Å². The van der Waals surface area contributed by atoms with Gasteiger partial charge in [-0.1, -0.05) is 13.3 Å². The van der Waals surface area contributed by atoms with Crippen LogP contribution < -0.4 is 15.2 Å². The van der Waals surface area contributed by atoms with E-state index in [1.54, 1.807) is 18.2 Å². The van der Waals surface area contributed by atoms with Crippen LogP contribution in [0.25, 0.3) is 0 Å². The highest BCUT2D eigenvalue weighted by Gasteiger charge is 2.22. The summed E-state index contributed by atoms with van der Waals surface area (Å²) in [5.74, 6) is 0.777. The number of ether oxygens (including phenoxy) is 1. The number of fused-ring (bicyclic) bond motifs is 1. The molecule has 0 spiro atoms. The molecule has 1 aliphatic heterocycles. The first-order valence-corrected chi connectivity index (χ1v) is 8.45. The van der Waals surface area contributed by atoms with E-state index in [-0.39, 0.29) is 23.6 Å². The topological polar surface area (TPSA) is 81.4 Å². The van der Waals surface area contributed by atoms with Crippen molar-refractivity contribution in [2.75, 3.05) is 6.54 Å². The summed E-state index contributed by atoms with van der Waals surface area (Å²) in [4.78, 5) is 0.276. The summed E-state index contributed by atoms with van der Waals surface area (Å²) in [6, 6.07) is 4.84. The molecule has 2 rings (SSSR count). The largest absolute Gasteiger partial charge is 0.490 e. The lowest BCUT2D eigenvalue weighted by Gasteiger charge is -2.12. The fourth-order valence-electron chi connectivity index (χ4n) is 2.34. The molecule has 6 heteroatoms. The Morgan fingerprint density at radius 3 is 2.95 bits per heavy atom. The maximum absolute atomic E-state index is 12.2. The van der Waals surface area contributed by atoms with Gasteiger partial charge in [0.05, 0.1) is 4.90 Å². The van der Waals surface area contributed by atoms with Gasteiger partial charge in [0.2, 0.25) is 10.0 Å². The van der Waals surface area contributed by atoms with Crippen molar-refractivity contribution in [1.29, 1.82) is 0 Å². The van der Waals surface area contributed by atoms with Gasteiger partial charge in [0.25, 0.3) is 0 Å². The van der Waals surface area contributed by atoms with Gasteiger partial charge in [0, 0.05) is 19.0 Å². The van der Waals surface area contributed by atoms with Gasteiger partial charge in [-0.05, 0) is 37.1 Å². The molecule has 1 aromatic rings. The van der Waals surface area contributed by atoms with Gasteiger partial charge < -0.3 is 10.5 Å². The lowest BCUT2D eigenvalue weighted by molar-refractivity contribution is 0.254. The molecular weight excluding hydrogens is 276 g/mol. The van der Waals surface area contributed by atoms with Crippen LogP contribution in [0.15, 0.2) is 23.1 Å². The van der Waals surface area contributed by atoms with E-state index < -0.39 is 10.0 Å². The number of benzene rings is 1. The maximum atomic E-state index is 12.2. The first-order chi connectivity index (χ1) is 9.42. The van der Waals surface area contributed by atoms with Gasteiger partial charge in [-0.25, -0.2) is 13.1 Å². The maximum Gasteiger partial charge on any atom is 0.240 e. The number of nitrogens with two attached hydrogens (primary N) is 1. The Hall–Kier alpha value is -1.11. The third-order valence-electron chi connectivity index (χ3n) is 3.37. The second kappa shape index (κ2) is 6.11. The van der Waals surface area contributed by atoms with Crippen LogP contribution >= 0.6 is 0 Å². The molecule has 3 N–H and O–H groups in total. The summed E-state index contributed by atoms with van der Waals surface area (Å²) in [6.07, 6.45) is 2.59. The minimum atomic E-state index is -3.50. The van der Waals surface area contributed by atoms with Crippen molar-refractivity contribution in [3.63, 3.8) is 0 Å². The van der Waals surface area contributed by atoms with E-state index in [1.165, 1.54) is 0 Å². The molecule has 20 heavy (non-hydrogen) atoms. The Labute approximate surface area is 120 Å². The van der Waals surface area contributed by atoms with Gasteiger partial charge >= 0.3 is 0 Å². The van der Waals surface area contributed by atoms with Crippen LogP contribution in [0, 0.1) is 0 Å². The predicted octanol–water partition coefficient (Wildman–Crippen LogP) is 1.42. The summed E-state index contributed by atoms with van der Waals surface area (Å²) in [6.45, 7) is 4.26. The Morgan fingerprint density at radius 1 is 1.50 bits per heavy atom. The third-order valence-corrected chi connectivity index (χ3v) is 4.79. The number of nitrogens with one attached hydrogen (secondary N) is 1. The second-order valence-electron chi connectivity index (χ2n) is 5.30. The van der Waals surface area contributed by atoms with Gasteiger partial charge in [-0.3, -0.25) is 0 Å². The number of rotatable bonds is 6. The molecule has 1 aliphatic rings. The van der Waals surface area contributed by atoms with Gasteiger partial charge in [-0.2, -0.15) is 0 Å². The summed E-state index contributed by atoms with van der Waals surface area (Å²) >= 11 is 0. The number of hydrogen-bond donors (Lipinski definition) is 2. The number of hydrogen-bond acceptors (Lipinski definition) is 4. The molecule has 2 atom stereocenters. The number of sulfonamides is 1. The lowest BCUT2D eigenvalue weighted by atomic mass is 10.1. The summed E-state index contributed by atoms with van der Waals surface area (Å²) in [5, 5.41) is 0. The van der Waals surface area contributed by atoms with Crippen molar-refractivity contribution < 1.29 is 13.2 Å². The summed E-state index contributed by atoms with van der Waals surface area (Å²) < 4.78 is 32.6. The molecule has 0 unspecified atom stereocenters. The highest BCUT2D eigenvalue weighted by atomic mass is 32.2. The van der Waals surface area contributed by atoms with Crippen LogP contribution in [0.4, 0.5) is 0 Å². The first-order valence-electron chi connectivity index (χ1n) is 6.97. The van der Waals surface area contributed by atoms with Crippen LogP contribution in [0.2, 0.25) is 0 Å². The molecule has 0 aromatic heterocycles. The highest BCUT2D eigenvalue weighted by molar-refractivity contribution is 7.89. The van der Waals surface area contributed by atoms with E-state index in [4.69, 9.17) is 10.5 Å². The van der Waals surface area contributed by atoms with Gasteiger partial charge in [0.15, 0.2) is 0 Å². The van der Waals surface area contributed by atoms with Crippen LogP contribution in [0.1, 0.15) is 32.3 Å². The predicted molar refractivity (Wildman–Crippen MR) is 78.3 cm³/mol. The Balaban J connectivity index is 2.09. The third kappa shape index (κ3) is 3.50. The molecule has 112 valence electrons. The normalized spacial score (nSPS) is 19.4. The molecule has 1 aromatic carbocycles. The van der Waals surface area contributed by atoms with Crippen molar-refractivity contribution in [1.82, 2.24) is 4.72 Å². The molecule has 0 amide bonds. The monoisotopic (exact) mass is 298 g/mol. The van der Waals surface area contributed by atoms with Crippen LogP contribution in [-0.4, -0.2) is 27.1 Å². The van der Waals surface area contributed by atoms with Gasteiger partial charge in [0.1, 0.15) is 11.9 Å². The minimum Gasteiger partial charge on any atom is -0.490 e. The van der Waals surface area contributed by atoms with E-state index in [1.807, 2.05) is 13.8 Å². The molecule has 1 heterocycles. The van der Waals surface area contributed by atoms with Gasteiger partial charge in [-0.15, -0.1) is 0 Å². The van der Waals surface area contributed by atoms with E-state index in [0.29, 0.717) is 0 Å². The average molecular weight is 298 g/mol. The molecule has 0 fully saturated rings. The van der Waals surface area contributed by atoms with Crippen LogP contribution in [0.3, 0.4) is 0 Å². The fourth-order valence-corrected chi connectivity index (χ4v) is 3.48. The molecule has 0 aliphatic carbocycles. The smallest absolute Gasteiger partial charge is 0.240 e. The van der Waals surface area contributed by atoms with E-state index in [9.17, 15) is 8.42 Å². The standard InChI is InChI=1S/C14H22N2O3S/c1-3-4-12(15)9-16-20(17,18)13-5-6-14-11(8-13)7-10(2)19-14/h5-6,8,10,12,16H,3-4,7,9,15H2,1-2H3/t10-,12-/m0/s1. The molecular formula is C14H22N2O3S. The fraction of sp³-hybridized carbons (Fsp3) is 0.571. The van der Waals surface area contributed by atoms with E-state index in [0.717, 1.165) is 30.6 Å². The van der Waals surface area contributed by atoms with Crippen LogP contribution in [0.5, 0.6) is 5.75 Å². The Morgan fingerprint density at radius 2 is 2.25 bits per heavy atom. The second-order valence-corrected chi connectivity index (χ2v) is 7.07. The van der Waals surface area contributed by atoms with E-state index >= 15 is 0 Å². The molecule has 0 saturated heterocycles. The summed E-state index contributed by atoms with van der Waals surface area (Å²) in [7, 11) is -3.50. The van der Waals surface area contributed by atoms with Crippen molar-refractivity contribution >= 4 is 10.0 Å². The van der Waals surface area contributed by atoms with Crippen LogP contribution in [-0.2, 0) is 16.4 Å². The minimum absolute atomic E-state index is 0.105. The molecule has 0 radical (unpaired) electrons. The Bertz CT molecular complexity index is 572. The van der Waals surface area contributed by atoms with Crippen molar-refractivity contribution in [3.8, 4) is 5.75 Å². The first kappa shape index (κ1) is 15.3. The zero-order valence-electron chi connectivity index (χ0n) is 11.9. The highest BCUT2D eigenvalue weighted by Crippen LogP contribution is 2.30. The zero-order valence-corrected chi connectivity index (χ0v) is 12.7. The molecule has 0 saturated carbocycles. The van der Waals surface area contributed by atoms with E-state index in [2.05, 4.69) is 4.72 Å². The molecule has 0 bridgehead atoms. The average Bonchev–Trinajstić information content (AvgIpc) is 2.76. The molecule has 5 nitrogen and oxygen atoms in total. The lowest BCUT2D eigenvalue weighted by Crippen LogP contribution is -2.37. The SMILES string of the molecule is CCC[C@H](N)CNS(=O)(=O)c1ccc2c(c1)C[C@H](C)O2.